The lowest BCUT2D eigenvalue weighted by Crippen LogP contribution is -2.39. The molecule has 2 saturated heterocycles. The molecule has 5 nitrogen and oxygen atoms in total. The van der Waals surface area contributed by atoms with Crippen LogP contribution in [0.5, 0.6) is 0 Å². The molecule has 130 valence electrons. The second-order valence-electron chi connectivity index (χ2n) is 6.55. The minimum atomic E-state index is 0.266. The van der Waals surface area contributed by atoms with Gasteiger partial charge >= 0.3 is 0 Å². The van der Waals surface area contributed by atoms with E-state index in [1.807, 2.05) is 6.92 Å². The minimum Gasteiger partial charge on any atom is -0.376 e. The Labute approximate surface area is 148 Å². The highest BCUT2D eigenvalue weighted by Gasteiger charge is 2.25. The van der Waals surface area contributed by atoms with Gasteiger partial charge in [-0.1, -0.05) is 11.6 Å². The van der Waals surface area contributed by atoms with Gasteiger partial charge in [0.15, 0.2) is 0 Å². The van der Waals surface area contributed by atoms with E-state index < -0.39 is 0 Å². The lowest BCUT2D eigenvalue weighted by Gasteiger charge is -2.34. The number of piperidine rings is 1. The Bertz CT molecular complexity index is 603. The molecule has 24 heavy (non-hydrogen) atoms. The predicted molar refractivity (Wildman–Crippen MR) is 93.5 cm³/mol. The molecule has 0 spiro atoms. The van der Waals surface area contributed by atoms with Crippen molar-refractivity contribution in [2.75, 3.05) is 31.2 Å². The summed E-state index contributed by atoms with van der Waals surface area (Å²) in [6, 6.07) is 2.24. The van der Waals surface area contributed by atoms with E-state index in [-0.39, 0.29) is 12.2 Å². The summed E-state index contributed by atoms with van der Waals surface area (Å²) in [5.41, 5.74) is 1.38. The summed E-state index contributed by atoms with van der Waals surface area (Å²) in [5.74, 6) is 0.744. The maximum Gasteiger partial charge on any atom is 0.146 e. The molecule has 0 N–H and O–H groups in total. The summed E-state index contributed by atoms with van der Waals surface area (Å²) in [4.78, 5) is 6.55. The van der Waals surface area contributed by atoms with Crippen LogP contribution in [0.25, 0.3) is 0 Å². The normalized spacial score (nSPS) is 22.4. The van der Waals surface area contributed by atoms with E-state index in [1.54, 1.807) is 6.20 Å². The van der Waals surface area contributed by atoms with Crippen LogP contribution in [0.2, 0.25) is 5.02 Å². The van der Waals surface area contributed by atoms with Crippen LogP contribution in [-0.4, -0.2) is 43.5 Å². The topological polar surface area (TPSA) is 58.4 Å². The third kappa shape index (κ3) is 4.00. The van der Waals surface area contributed by atoms with Gasteiger partial charge in [-0.05, 0) is 44.6 Å². The molecule has 2 fully saturated rings. The molecule has 2 aliphatic heterocycles. The lowest BCUT2D eigenvalue weighted by molar-refractivity contribution is -0.0672. The molecule has 1 aromatic rings. The predicted octanol–water partition coefficient (Wildman–Crippen LogP) is 3.47. The van der Waals surface area contributed by atoms with Crippen molar-refractivity contribution in [1.29, 1.82) is 5.26 Å². The van der Waals surface area contributed by atoms with Gasteiger partial charge in [-0.2, -0.15) is 5.26 Å². The van der Waals surface area contributed by atoms with Crippen LogP contribution in [0.4, 0.5) is 5.82 Å². The number of hydrogen-bond acceptors (Lipinski definition) is 5. The zero-order valence-electron chi connectivity index (χ0n) is 14.1. The van der Waals surface area contributed by atoms with Crippen molar-refractivity contribution in [3.05, 3.63) is 22.3 Å². The summed E-state index contributed by atoms with van der Waals surface area (Å²) in [6.45, 7) is 5.13. The Kier molecular flexibility index (Phi) is 5.94. The maximum atomic E-state index is 9.42. The number of anilines is 1. The standard InChI is InChI=1S/C18H24ClN3O2/c1-13-16(10-20)18(21-11-17(13)19)22-7-5-14(6-8-22)24-12-15-4-2-3-9-23-15/h11,14-15H,2-9,12H2,1H3/t15-/m1/s1. The van der Waals surface area contributed by atoms with Gasteiger partial charge in [0.1, 0.15) is 11.9 Å². The molecule has 3 heterocycles. The number of hydrogen-bond donors (Lipinski definition) is 0. The fourth-order valence-corrected chi connectivity index (χ4v) is 3.50. The number of halogens is 1. The molecule has 0 radical (unpaired) electrons. The molecule has 0 amide bonds. The highest BCUT2D eigenvalue weighted by molar-refractivity contribution is 6.31. The van der Waals surface area contributed by atoms with Crippen molar-refractivity contribution in [2.45, 2.75) is 51.2 Å². The van der Waals surface area contributed by atoms with E-state index in [9.17, 15) is 5.26 Å². The monoisotopic (exact) mass is 349 g/mol. The quantitative estimate of drug-likeness (QED) is 0.833. The Morgan fingerprint density at radius 3 is 2.83 bits per heavy atom. The van der Waals surface area contributed by atoms with Gasteiger partial charge in [0.05, 0.1) is 29.4 Å². The van der Waals surface area contributed by atoms with Crippen LogP contribution in [0.1, 0.15) is 43.2 Å². The molecule has 0 aromatic carbocycles. The second kappa shape index (κ2) is 8.15. The zero-order chi connectivity index (χ0) is 16.9. The molecular formula is C18H24ClN3O2. The number of rotatable bonds is 4. The van der Waals surface area contributed by atoms with Crippen LogP contribution < -0.4 is 4.90 Å². The summed E-state index contributed by atoms with van der Waals surface area (Å²) < 4.78 is 11.8. The minimum absolute atomic E-state index is 0.266. The molecule has 1 atom stereocenters. The summed E-state index contributed by atoms with van der Waals surface area (Å²) in [6.07, 6.45) is 7.58. The van der Waals surface area contributed by atoms with Gasteiger partial charge in [0.2, 0.25) is 0 Å². The SMILES string of the molecule is Cc1c(Cl)cnc(N2CCC(OC[C@H]3CCCCO3)CC2)c1C#N. The molecule has 6 heteroatoms. The molecule has 0 saturated carbocycles. The first-order chi connectivity index (χ1) is 11.7. The van der Waals surface area contributed by atoms with E-state index in [0.717, 1.165) is 50.3 Å². The van der Waals surface area contributed by atoms with Crippen molar-refractivity contribution >= 4 is 17.4 Å². The van der Waals surface area contributed by atoms with Gasteiger partial charge in [-0.25, -0.2) is 4.98 Å². The van der Waals surface area contributed by atoms with E-state index >= 15 is 0 Å². The van der Waals surface area contributed by atoms with E-state index in [2.05, 4.69) is 16.0 Å². The first kappa shape index (κ1) is 17.5. The Morgan fingerprint density at radius 2 is 2.17 bits per heavy atom. The number of pyridine rings is 1. The van der Waals surface area contributed by atoms with Crippen molar-refractivity contribution in [1.82, 2.24) is 4.98 Å². The fraction of sp³-hybridized carbons (Fsp3) is 0.667. The second-order valence-corrected chi connectivity index (χ2v) is 6.96. The van der Waals surface area contributed by atoms with Crippen molar-refractivity contribution in [3.63, 3.8) is 0 Å². The lowest BCUT2D eigenvalue weighted by atomic mass is 10.1. The number of aromatic nitrogens is 1. The first-order valence-electron chi connectivity index (χ1n) is 8.72. The highest BCUT2D eigenvalue weighted by Crippen LogP contribution is 2.28. The van der Waals surface area contributed by atoms with Crippen LogP contribution in [-0.2, 0) is 9.47 Å². The van der Waals surface area contributed by atoms with Gasteiger partial charge in [0.25, 0.3) is 0 Å². The van der Waals surface area contributed by atoms with Crippen molar-refractivity contribution in [2.24, 2.45) is 0 Å². The van der Waals surface area contributed by atoms with Gasteiger partial charge in [-0.3, -0.25) is 0 Å². The fourth-order valence-electron chi connectivity index (χ4n) is 3.36. The van der Waals surface area contributed by atoms with Crippen LogP contribution in [0.3, 0.4) is 0 Å². The molecule has 1 aromatic heterocycles. The highest BCUT2D eigenvalue weighted by atomic mass is 35.5. The van der Waals surface area contributed by atoms with E-state index in [1.165, 1.54) is 12.8 Å². The molecule has 0 aliphatic carbocycles. The van der Waals surface area contributed by atoms with Crippen LogP contribution in [0.15, 0.2) is 6.20 Å². The average molecular weight is 350 g/mol. The third-order valence-corrected chi connectivity index (χ3v) is 5.28. The van der Waals surface area contributed by atoms with Crippen LogP contribution >= 0.6 is 11.6 Å². The summed E-state index contributed by atoms with van der Waals surface area (Å²) in [7, 11) is 0. The van der Waals surface area contributed by atoms with E-state index in [4.69, 9.17) is 21.1 Å². The maximum absolute atomic E-state index is 9.42. The first-order valence-corrected chi connectivity index (χ1v) is 9.10. The molecular weight excluding hydrogens is 326 g/mol. The smallest absolute Gasteiger partial charge is 0.146 e. The largest absolute Gasteiger partial charge is 0.376 e. The number of nitriles is 1. The Morgan fingerprint density at radius 1 is 1.38 bits per heavy atom. The average Bonchev–Trinajstić information content (AvgIpc) is 2.63. The zero-order valence-corrected chi connectivity index (χ0v) is 14.9. The van der Waals surface area contributed by atoms with Crippen LogP contribution in [0, 0.1) is 18.3 Å². The summed E-state index contributed by atoms with van der Waals surface area (Å²) in [5, 5.41) is 9.96. The molecule has 0 unspecified atom stereocenters. The van der Waals surface area contributed by atoms with Gasteiger partial charge in [-0.15, -0.1) is 0 Å². The van der Waals surface area contributed by atoms with Gasteiger partial charge < -0.3 is 14.4 Å². The van der Waals surface area contributed by atoms with Gasteiger partial charge in [0, 0.05) is 25.9 Å². The molecule has 3 rings (SSSR count). The summed E-state index contributed by atoms with van der Waals surface area (Å²) >= 11 is 6.08. The molecule has 2 aliphatic rings. The number of ether oxygens (including phenoxy) is 2. The Balaban J connectivity index is 1.54. The van der Waals surface area contributed by atoms with Crippen molar-refractivity contribution < 1.29 is 9.47 Å². The molecule has 0 bridgehead atoms. The van der Waals surface area contributed by atoms with Crippen molar-refractivity contribution in [3.8, 4) is 6.07 Å². The third-order valence-electron chi connectivity index (χ3n) is 4.90. The Hall–Kier alpha value is -1.35. The van der Waals surface area contributed by atoms with E-state index in [0.29, 0.717) is 17.2 Å². The number of nitrogens with zero attached hydrogens (tertiary/aromatic N) is 3.